The average Bonchev–Trinajstić information content (AvgIpc) is 3.23. The van der Waals surface area contributed by atoms with Gasteiger partial charge in [0.2, 0.25) is 6.41 Å². The summed E-state index contributed by atoms with van der Waals surface area (Å²) in [5.41, 5.74) is 2.23. The molecule has 32 heavy (non-hydrogen) atoms. The number of nitrogens with one attached hydrogen (secondary N) is 1. The molecular weight excluding hydrogens is 404 g/mol. The summed E-state index contributed by atoms with van der Waals surface area (Å²) in [7, 11) is 0. The van der Waals surface area contributed by atoms with Crippen molar-refractivity contribution in [3.63, 3.8) is 0 Å². The molecule has 1 N–H and O–H groups in total. The zero-order valence-electron chi connectivity index (χ0n) is 19.3. The first-order valence-electron chi connectivity index (χ1n) is 11.1. The molecule has 0 aliphatic carbocycles. The molecule has 3 heterocycles. The third kappa shape index (κ3) is 5.66. The number of allylic oxidation sites excluding steroid dienone is 3. The van der Waals surface area contributed by atoms with Gasteiger partial charge in [-0.25, -0.2) is 9.78 Å². The van der Waals surface area contributed by atoms with Gasteiger partial charge in [0.1, 0.15) is 17.3 Å². The Morgan fingerprint density at radius 2 is 1.94 bits per heavy atom. The van der Waals surface area contributed by atoms with Crippen LogP contribution in [0.4, 0.5) is 10.6 Å². The summed E-state index contributed by atoms with van der Waals surface area (Å²) in [6, 6.07) is 7.31. The van der Waals surface area contributed by atoms with E-state index in [0.29, 0.717) is 17.3 Å². The number of hydrogen-bond donors (Lipinski definition) is 1. The van der Waals surface area contributed by atoms with E-state index in [1.54, 1.807) is 17.2 Å². The van der Waals surface area contributed by atoms with Crippen LogP contribution in [0.3, 0.4) is 0 Å². The van der Waals surface area contributed by atoms with Gasteiger partial charge >= 0.3 is 6.03 Å². The fraction of sp³-hybridized carbons (Fsp3) is 0.400. The maximum absolute atomic E-state index is 12.7. The molecule has 0 saturated carbocycles. The van der Waals surface area contributed by atoms with Crippen LogP contribution in [0, 0.1) is 6.92 Å². The Balaban J connectivity index is 2.02. The lowest BCUT2D eigenvalue weighted by atomic mass is 10.0. The Kier molecular flexibility index (Phi) is 7.87. The minimum absolute atomic E-state index is 0.0122. The van der Waals surface area contributed by atoms with Gasteiger partial charge in [0.15, 0.2) is 5.76 Å². The third-order valence-electron chi connectivity index (χ3n) is 5.41. The van der Waals surface area contributed by atoms with Gasteiger partial charge in [-0.15, -0.1) is 0 Å². The highest BCUT2D eigenvalue weighted by molar-refractivity contribution is 5.90. The first-order chi connectivity index (χ1) is 15.4. The maximum Gasteiger partial charge on any atom is 0.323 e. The van der Waals surface area contributed by atoms with Gasteiger partial charge in [-0.1, -0.05) is 12.2 Å². The molecule has 7 heteroatoms. The van der Waals surface area contributed by atoms with Gasteiger partial charge in [-0.2, -0.15) is 0 Å². The van der Waals surface area contributed by atoms with E-state index in [1.165, 1.54) is 0 Å². The Morgan fingerprint density at radius 3 is 2.53 bits per heavy atom. The highest BCUT2D eigenvalue weighted by Gasteiger charge is 2.19. The number of urea groups is 1. The second-order valence-corrected chi connectivity index (χ2v) is 8.21. The Hall–Kier alpha value is -3.35. The molecule has 7 nitrogen and oxygen atoms in total. The maximum atomic E-state index is 12.7. The minimum atomic E-state index is -0.136. The number of piperidine rings is 1. The number of rotatable bonds is 7. The molecule has 0 unspecified atom stereocenters. The van der Waals surface area contributed by atoms with Crippen molar-refractivity contribution in [2.24, 2.45) is 0 Å². The van der Waals surface area contributed by atoms with Crippen LogP contribution in [-0.2, 0) is 4.79 Å². The molecule has 1 aliphatic heterocycles. The van der Waals surface area contributed by atoms with Crippen molar-refractivity contribution < 1.29 is 14.0 Å². The molecule has 3 rings (SSSR count). The summed E-state index contributed by atoms with van der Waals surface area (Å²) in [6.45, 7) is 9.23. The second-order valence-electron chi connectivity index (χ2n) is 8.21. The number of hydrogen-bond acceptors (Lipinski definition) is 4. The van der Waals surface area contributed by atoms with Crippen molar-refractivity contribution >= 4 is 23.8 Å². The predicted molar refractivity (Wildman–Crippen MR) is 127 cm³/mol. The van der Waals surface area contributed by atoms with E-state index in [9.17, 15) is 9.59 Å². The quantitative estimate of drug-likeness (QED) is 0.462. The van der Waals surface area contributed by atoms with Gasteiger partial charge in [-0.3, -0.25) is 10.1 Å². The SMILES string of the molecule is C/C=C\C(=C/N(C=O)C(C)C)c1ccc(NC(=O)N2CCCCC2)nc1-c1ccc(C)o1. The van der Waals surface area contributed by atoms with Crippen molar-refractivity contribution in [1.29, 1.82) is 0 Å². The summed E-state index contributed by atoms with van der Waals surface area (Å²) in [5, 5.41) is 2.93. The molecule has 1 aliphatic rings. The number of amides is 3. The van der Waals surface area contributed by atoms with E-state index >= 15 is 0 Å². The zero-order valence-corrected chi connectivity index (χ0v) is 19.3. The van der Waals surface area contributed by atoms with E-state index in [4.69, 9.17) is 9.40 Å². The van der Waals surface area contributed by atoms with Crippen LogP contribution in [0.1, 0.15) is 51.4 Å². The van der Waals surface area contributed by atoms with Crippen molar-refractivity contribution in [1.82, 2.24) is 14.8 Å². The highest BCUT2D eigenvalue weighted by Crippen LogP contribution is 2.31. The third-order valence-corrected chi connectivity index (χ3v) is 5.41. The standard InChI is InChI=1S/C25H32N4O3/c1-5-9-20(16-29(17-30)18(2)3)21-11-13-23(26-24(21)22-12-10-19(4)32-22)27-25(31)28-14-7-6-8-15-28/h5,9-13,16-18H,6-8,14-15H2,1-4H3,(H,26,27,31)/b9-5-,20-16+. The van der Waals surface area contributed by atoms with Crippen LogP contribution in [0.15, 0.2) is 47.0 Å². The molecule has 0 atom stereocenters. The summed E-state index contributed by atoms with van der Waals surface area (Å²) in [5.74, 6) is 1.83. The number of carbonyl (C=O) groups is 2. The molecule has 3 amide bonds. The lowest BCUT2D eigenvalue weighted by Gasteiger charge is -2.26. The van der Waals surface area contributed by atoms with E-state index in [2.05, 4.69) is 5.32 Å². The molecule has 2 aromatic heterocycles. The lowest BCUT2D eigenvalue weighted by molar-refractivity contribution is -0.117. The molecular formula is C25H32N4O3. The van der Waals surface area contributed by atoms with Crippen LogP contribution in [0.25, 0.3) is 17.0 Å². The monoisotopic (exact) mass is 436 g/mol. The fourth-order valence-electron chi connectivity index (χ4n) is 3.64. The number of carbonyl (C=O) groups excluding carboxylic acids is 2. The molecule has 0 radical (unpaired) electrons. The number of likely N-dealkylation sites (tertiary alicyclic amines) is 1. The van der Waals surface area contributed by atoms with E-state index in [1.807, 2.05) is 62.9 Å². The summed E-state index contributed by atoms with van der Waals surface area (Å²) in [6.07, 6.45) is 9.67. The first-order valence-corrected chi connectivity index (χ1v) is 11.1. The molecule has 2 aromatic rings. The first kappa shape index (κ1) is 23.3. The van der Waals surface area contributed by atoms with Crippen LogP contribution < -0.4 is 5.32 Å². The Labute approximate surface area is 189 Å². The molecule has 1 saturated heterocycles. The largest absolute Gasteiger partial charge is 0.460 e. The Bertz CT molecular complexity index is 1000. The molecule has 170 valence electrons. The number of furan rings is 1. The average molecular weight is 437 g/mol. The Morgan fingerprint density at radius 1 is 1.19 bits per heavy atom. The van der Waals surface area contributed by atoms with Gasteiger partial charge in [0.05, 0.1) is 0 Å². The van der Waals surface area contributed by atoms with Crippen molar-refractivity contribution in [2.75, 3.05) is 18.4 Å². The predicted octanol–water partition coefficient (Wildman–Crippen LogP) is 5.45. The van der Waals surface area contributed by atoms with E-state index in [-0.39, 0.29) is 12.1 Å². The highest BCUT2D eigenvalue weighted by atomic mass is 16.3. The van der Waals surface area contributed by atoms with Crippen LogP contribution in [0.5, 0.6) is 0 Å². The minimum Gasteiger partial charge on any atom is -0.460 e. The number of aromatic nitrogens is 1. The van der Waals surface area contributed by atoms with Crippen molar-refractivity contribution in [3.05, 3.63) is 53.9 Å². The van der Waals surface area contributed by atoms with Gasteiger partial charge in [0.25, 0.3) is 0 Å². The van der Waals surface area contributed by atoms with Gasteiger partial charge in [-0.05, 0) is 76.8 Å². The van der Waals surface area contributed by atoms with Crippen LogP contribution in [-0.4, -0.2) is 46.4 Å². The topological polar surface area (TPSA) is 78.7 Å². The van der Waals surface area contributed by atoms with Crippen molar-refractivity contribution in [2.45, 2.75) is 53.0 Å². The van der Waals surface area contributed by atoms with Crippen molar-refractivity contribution in [3.8, 4) is 11.5 Å². The lowest BCUT2D eigenvalue weighted by Crippen LogP contribution is -2.38. The number of pyridine rings is 1. The van der Waals surface area contributed by atoms with E-state index in [0.717, 1.165) is 55.7 Å². The zero-order chi connectivity index (χ0) is 23.1. The molecule has 0 spiro atoms. The van der Waals surface area contributed by atoms with Crippen LogP contribution >= 0.6 is 0 Å². The van der Waals surface area contributed by atoms with Crippen LogP contribution in [0.2, 0.25) is 0 Å². The van der Waals surface area contributed by atoms with E-state index < -0.39 is 0 Å². The number of aryl methyl sites for hydroxylation is 1. The number of anilines is 1. The summed E-state index contributed by atoms with van der Waals surface area (Å²) >= 11 is 0. The summed E-state index contributed by atoms with van der Waals surface area (Å²) < 4.78 is 5.87. The summed E-state index contributed by atoms with van der Waals surface area (Å²) in [4.78, 5) is 32.4. The smallest absolute Gasteiger partial charge is 0.323 e. The molecule has 0 aromatic carbocycles. The molecule has 0 bridgehead atoms. The normalized spacial score (nSPS) is 14.8. The number of nitrogens with zero attached hydrogens (tertiary/aromatic N) is 3. The van der Waals surface area contributed by atoms with Gasteiger partial charge < -0.3 is 14.2 Å². The van der Waals surface area contributed by atoms with Gasteiger partial charge in [0, 0.05) is 30.9 Å². The second kappa shape index (κ2) is 10.8. The fourth-order valence-corrected chi connectivity index (χ4v) is 3.64. The molecule has 1 fully saturated rings.